The Hall–Kier alpha value is -1.92. The average molecular weight is 360 g/mol. The van der Waals surface area contributed by atoms with Crippen molar-refractivity contribution in [1.82, 2.24) is 10.2 Å². The third-order valence-corrected chi connectivity index (χ3v) is 5.15. The summed E-state index contributed by atoms with van der Waals surface area (Å²) in [6.07, 6.45) is 1.35. The molecule has 3 rings (SSSR count). The van der Waals surface area contributed by atoms with Gasteiger partial charge in [-0.15, -0.1) is 0 Å². The van der Waals surface area contributed by atoms with Gasteiger partial charge < -0.3 is 19.7 Å². The first kappa shape index (κ1) is 18.9. The molecule has 142 valence electrons. The Kier molecular flexibility index (Phi) is 5.63. The van der Waals surface area contributed by atoms with Crippen LogP contribution >= 0.6 is 0 Å². The Labute approximate surface area is 154 Å². The number of benzene rings is 1. The van der Waals surface area contributed by atoms with E-state index >= 15 is 0 Å². The fraction of sp³-hybridized carbons (Fsp3) is 0.600. The first-order valence-corrected chi connectivity index (χ1v) is 9.34. The predicted octanol–water partition coefficient (Wildman–Crippen LogP) is 2.11. The second-order valence-corrected chi connectivity index (χ2v) is 7.50. The van der Waals surface area contributed by atoms with Gasteiger partial charge in [0.15, 0.2) is 5.79 Å². The van der Waals surface area contributed by atoms with Crippen LogP contribution in [0, 0.1) is 12.8 Å². The van der Waals surface area contributed by atoms with Crippen LogP contribution in [0.25, 0.3) is 0 Å². The zero-order valence-electron chi connectivity index (χ0n) is 15.8. The molecule has 1 N–H and O–H groups in total. The maximum absolute atomic E-state index is 13.0. The number of hydrogen-bond acceptors (Lipinski definition) is 4. The molecule has 2 aliphatic rings. The maximum Gasteiger partial charge on any atom is 0.251 e. The lowest BCUT2D eigenvalue weighted by atomic mass is 9.98. The summed E-state index contributed by atoms with van der Waals surface area (Å²) < 4.78 is 11.4. The molecule has 0 radical (unpaired) electrons. The SMILES string of the molecule is Cc1cccc(C(=O)NC(C(=O)N2CCC3(CC2)OCCO3)C(C)C)c1. The highest BCUT2D eigenvalue weighted by atomic mass is 16.7. The van der Waals surface area contributed by atoms with E-state index < -0.39 is 11.8 Å². The average Bonchev–Trinajstić information content (AvgIpc) is 3.07. The predicted molar refractivity (Wildman–Crippen MR) is 97.7 cm³/mol. The minimum absolute atomic E-state index is 0.00567. The molecule has 0 aliphatic carbocycles. The second-order valence-electron chi connectivity index (χ2n) is 7.50. The summed E-state index contributed by atoms with van der Waals surface area (Å²) in [4.78, 5) is 27.4. The number of amides is 2. The van der Waals surface area contributed by atoms with Crippen LogP contribution in [-0.4, -0.2) is 54.8 Å². The van der Waals surface area contributed by atoms with E-state index in [1.165, 1.54) is 0 Å². The molecule has 2 saturated heterocycles. The number of nitrogens with one attached hydrogen (secondary N) is 1. The Bertz CT molecular complexity index is 658. The zero-order valence-corrected chi connectivity index (χ0v) is 15.8. The number of aryl methyl sites for hydroxylation is 1. The van der Waals surface area contributed by atoms with Gasteiger partial charge in [0.2, 0.25) is 5.91 Å². The lowest BCUT2D eigenvalue weighted by Crippen LogP contribution is -2.55. The Morgan fingerprint density at radius 2 is 1.81 bits per heavy atom. The molecule has 1 unspecified atom stereocenters. The molecular weight excluding hydrogens is 332 g/mol. The van der Waals surface area contributed by atoms with Gasteiger partial charge in [-0.25, -0.2) is 0 Å². The van der Waals surface area contributed by atoms with Gasteiger partial charge in [0.25, 0.3) is 5.91 Å². The smallest absolute Gasteiger partial charge is 0.251 e. The van der Waals surface area contributed by atoms with E-state index in [1.54, 1.807) is 6.07 Å². The van der Waals surface area contributed by atoms with Crippen molar-refractivity contribution >= 4 is 11.8 Å². The van der Waals surface area contributed by atoms with Crippen molar-refractivity contribution < 1.29 is 19.1 Å². The Morgan fingerprint density at radius 1 is 1.15 bits per heavy atom. The van der Waals surface area contributed by atoms with Crippen molar-refractivity contribution in [2.75, 3.05) is 26.3 Å². The van der Waals surface area contributed by atoms with Crippen LogP contribution in [0.1, 0.15) is 42.6 Å². The number of carbonyl (C=O) groups excluding carboxylic acids is 2. The van der Waals surface area contributed by atoms with E-state index in [9.17, 15) is 9.59 Å². The normalized spacial score (nSPS) is 20.4. The van der Waals surface area contributed by atoms with Crippen molar-refractivity contribution in [3.8, 4) is 0 Å². The Balaban J connectivity index is 1.64. The lowest BCUT2D eigenvalue weighted by Gasteiger charge is -2.39. The summed E-state index contributed by atoms with van der Waals surface area (Å²) in [5.74, 6) is -0.744. The van der Waals surface area contributed by atoms with Gasteiger partial charge in [-0.05, 0) is 25.0 Å². The number of hydrogen-bond donors (Lipinski definition) is 1. The molecule has 2 fully saturated rings. The minimum atomic E-state index is -0.539. The van der Waals surface area contributed by atoms with Gasteiger partial charge in [-0.3, -0.25) is 9.59 Å². The monoisotopic (exact) mass is 360 g/mol. The largest absolute Gasteiger partial charge is 0.347 e. The zero-order chi connectivity index (χ0) is 18.7. The fourth-order valence-electron chi connectivity index (χ4n) is 3.57. The number of rotatable bonds is 4. The number of ether oxygens (including phenoxy) is 2. The highest BCUT2D eigenvalue weighted by Crippen LogP contribution is 2.31. The number of carbonyl (C=O) groups is 2. The molecule has 6 heteroatoms. The van der Waals surface area contributed by atoms with Gasteiger partial charge >= 0.3 is 0 Å². The Morgan fingerprint density at radius 3 is 2.38 bits per heavy atom. The number of likely N-dealkylation sites (tertiary alicyclic amines) is 1. The summed E-state index contributed by atoms with van der Waals surface area (Å²) in [6, 6.07) is 6.85. The molecule has 26 heavy (non-hydrogen) atoms. The molecule has 0 saturated carbocycles. The third-order valence-electron chi connectivity index (χ3n) is 5.15. The van der Waals surface area contributed by atoms with Crippen molar-refractivity contribution in [3.05, 3.63) is 35.4 Å². The molecule has 2 amide bonds. The highest BCUT2D eigenvalue weighted by Gasteiger charge is 2.42. The molecule has 0 bridgehead atoms. The fourth-order valence-corrected chi connectivity index (χ4v) is 3.57. The number of piperidine rings is 1. The van der Waals surface area contributed by atoms with E-state index in [-0.39, 0.29) is 17.7 Å². The van der Waals surface area contributed by atoms with Crippen molar-refractivity contribution in [1.29, 1.82) is 0 Å². The van der Waals surface area contributed by atoms with Crippen LogP contribution in [0.4, 0.5) is 0 Å². The van der Waals surface area contributed by atoms with E-state index in [1.807, 2.05) is 43.9 Å². The topological polar surface area (TPSA) is 67.9 Å². The maximum atomic E-state index is 13.0. The van der Waals surface area contributed by atoms with E-state index in [2.05, 4.69) is 5.32 Å². The van der Waals surface area contributed by atoms with Gasteiger partial charge in [-0.1, -0.05) is 31.5 Å². The first-order chi connectivity index (χ1) is 12.4. The molecule has 1 spiro atoms. The minimum Gasteiger partial charge on any atom is -0.347 e. The molecule has 2 aliphatic heterocycles. The molecule has 1 aromatic carbocycles. The van der Waals surface area contributed by atoms with Gasteiger partial charge in [0.1, 0.15) is 6.04 Å². The van der Waals surface area contributed by atoms with E-state index in [4.69, 9.17) is 9.47 Å². The second kappa shape index (κ2) is 7.76. The molecule has 1 atom stereocenters. The van der Waals surface area contributed by atoms with Crippen molar-refractivity contribution in [2.24, 2.45) is 5.92 Å². The standard InChI is InChI=1S/C20H28N2O4/c1-14(2)17(21-18(23)16-6-4-5-15(3)13-16)19(24)22-9-7-20(8-10-22)25-11-12-26-20/h4-6,13-14,17H,7-12H2,1-3H3,(H,21,23). The molecule has 6 nitrogen and oxygen atoms in total. The molecule has 0 aromatic heterocycles. The molecule has 1 aromatic rings. The van der Waals surface area contributed by atoms with Gasteiger partial charge in [-0.2, -0.15) is 0 Å². The highest BCUT2D eigenvalue weighted by molar-refractivity contribution is 5.97. The van der Waals surface area contributed by atoms with Crippen LogP contribution in [-0.2, 0) is 14.3 Å². The quantitative estimate of drug-likeness (QED) is 0.893. The van der Waals surface area contributed by atoms with Gasteiger partial charge in [0.05, 0.1) is 13.2 Å². The molecule has 2 heterocycles. The summed E-state index contributed by atoms with van der Waals surface area (Å²) in [6.45, 7) is 8.26. The van der Waals surface area contributed by atoms with Crippen LogP contribution in [0.2, 0.25) is 0 Å². The van der Waals surface area contributed by atoms with Crippen LogP contribution < -0.4 is 5.32 Å². The summed E-state index contributed by atoms with van der Waals surface area (Å²) in [5, 5.41) is 2.93. The van der Waals surface area contributed by atoms with Crippen molar-refractivity contribution in [3.63, 3.8) is 0 Å². The van der Waals surface area contributed by atoms with Gasteiger partial charge in [0, 0.05) is 31.5 Å². The van der Waals surface area contributed by atoms with Crippen LogP contribution in [0.5, 0.6) is 0 Å². The summed E-state index contributed by atoms with van der Waals surface area (Å²) in [7, 11) is 0. The van der Waals surface area contributed by atoms with Crippen LogP contribution in [0.3, 0.4) is 0 Å². The van der Waals surface area contributed by atoms with E-state index in [0.717, 1.165) is 5.56 Å². The third kappa shape index (κ3) is 4.07. The molecular formula is C20H28N2O4. The summed E-state index contributed by atoms with van der Waals surface area (Å²) in [5.41, 5.74) is 1.59. The van der Waals surface area contributed by atoms with Crippen LogP contribution in [0.15, 0.2) is 24.3 Å². The first-order valence-electron chi connectivity index (χ1n) is 9.34. The van der Waals surface area contributed by atoms with Crippen molar-refractivity contribution in [2.45, 2.75) is 45.4 Å². The number of nitrogens with zero attached hydrogens (tertiary/aromatic N) is 1. The summed E-state index contributed by atoms with van der Waals surface area (Å²) >= 11 is 0. The van der Waals surface area contributed by atoms with E-state index in [0.29, 0.717) is 44.7 Å². The lowest BCUT2D eigenvalue weighted by molar-refractivity contribution is -0.188.